The van der Waals surface area contributed by atoms with Gasteiger partial charge in [0.25, 0.3) is 11.8 Å². The van der Waals surface area contributed by atoms with Gasteiger partial charge in [0, 0.05) is 29.4 Å². The Kier molecular flexibility index (Phi) is 13.0. The van der Waals surface area contributed by atoms with Gasteiger partial charge in [0.1, 0.15) is 0 Å². The summed E-state index contributed by atoms with van der Waals surface area (Å²) in [6.07, 6.45) is 12.8. The first kappa shape index (κ1) is 29.0. The van der Waals surface area contributed by atoms with Crippen LogP contribution >= 0.6 is 0 Å². The Bertz CT molecular complexity index is 994. The Labute approximate surface area is 205 Å². The van der Waals surface area contributed by atoms with E-state index in [2.05, 4.69) is 16.6 Å². The number of cyclic esters (lactones) is 2. The van der Waals surface area contributed by atoms with Gasteiger partial charge in [0.05, 0.1) is 0 Å². The molecule has 2 N–H and O–H groups in total. The average Bonchev–Trinajstić information content (AvgIpc) is 3.42. The summed E-state index contributed by atoms with van der Waals surface area (Å²) >= 11 is 0. The minimum Gasteiger partial charge on any atom is -0.478 e. The van der Waals surface area contributed by atoms with E-state index >= 15 is 0 Å². The lowest BCUT2D eigenvalue weighted by Crippen LogP contribution is -2.24. The van der Waals surface area contributed by atoms with E-state index in [1.807, 2.05) is 36.4 Å². The first-order valence-corrected chi connectivity index (χ1v) is 11.2. The van der Waals surface area contributed by atoms with Gasteiger partial charge in [-0.3, -0.25) is 14.9 Å². The number of aliphatic carboxylic acids is 1. The van der Waals surface area contributed by atoms with E-state index in [4.69, 9.17) is 5.11 Å². The zero-order chi connectivity index (χ0) is 26.2. The van der Waals surface area contributed by atoms with Gasteiger partial charge in [0.15, 0.2) is 0 Å². The van der Waals surface area contributed by atoms with Crippen LogP contribution in [0.2, 0.25) is 0 Å². The smallest absolute Gasteiger partial charge is 0.338 e. The normalized spacial score (nSPS) is 16.9. The van der Waals surface area contributed by atoms with Crippen LogP contribution in [0.5, 0.6) is 0 Å². The summed E-state index contributed by atoms with van der Waals surface area (Å²) in [4.78, 5) is 51.9. The zero-order valence-corrected chi connectivity index (χ0v) is 20.0. The molecule has 3 aliphatic rings. The van der Waals surface area contributed by atoms with Crippen LogP contribution in [0.3, 0.4) is 0 Å². The maximum absolute atomic E-state index is 11.3. The zero-order valence-electron chi connectivity index (χ0n) is 20.0. The molecule has 0 spiro atoms. The molecule has 1 aromatic carbocycles. The van der Waals surface area contributed by atoms with Crippen molar-refractivity contribution in [3.8, 4) is 0 Å². The maximum atomic E-state index is 11.3. The number of carbonyl (C=O) groups excluding carboxylic acids is 4. The van der Waals surface area contributed by atoms with Crippen LogP contribution in [-0.4, -0.2) is 34.8 Å². The molecule has 1 aliphatic carbocycles. The highest BCUT2D eigenvalue weighted by molar-refractivity contribution is 6.16. The number of nitrogens with one attached hydrogen (secondary N) is 1. The highest BCUT2D eigenvalue weighted by Gasteiger charge is 2.28. The molecule has 2 amide bonds. The molecule has 0 saturated heterocycles. The molecule has 8 heteroatoms. The van der Waals surface area contributed by atoms with Crippen molar-refractivity contribution in [1.29, 1.82) is 0 Å². The SMILES string of the molecule is C=Cc1ccccc1.CC=C(C)C(=O)O.O=C1C=C(C2CCCCC2)C(=O)N1.O=C1C=CC(=O)O1. The first-order valence-electron chi connectivity index (χ1n) is 11.2. The van der Waals surface area contributed by atoms with E-state index in [1.165, 1.54) is 30.9 Å². The maximum Gasteiger partial charge on any atom is 0.338 e. The molecule has 186 valence electrons. The summed E-state index contributed by atoms with van der Waals surface area (Å²) in [6, 6.07) is 10.0. The molecule has 2 heterocycles. The van der Waals surface area contributed by atoms with Crippen LogP contribution < -0.4 is 5.32 Å². The number of ether oxygens (including phenoxy) is 1. The van der Waals surface area contributed by atoms with E-state index < -0.39 is 17.9 Å². The van der Waals surface area contributed by atoms with Crippen LogP contribution in [0.15, 0.2) is 72.4 Å². The highest BCUT2D eigenvalue weighted by Crippen LogP contribution is 2.30. The van der Waals surface area contributed by atoms with E-state index in [0.29, 0.717) is 17.1 Å². The molecule has 0 bridgehead atoms. The molecule has 1 saturated carbocycles. The second-order valence-electron chi connectivity index (χ2n) is 7.72. The molecule has 35 heavy (non-hydrogen) atoms. The number of benzene rings is 1. The van der Waals surface area contributed by atoms with Gasteiger partial charge in [-0.1, -0.05) is 68.3 Å². The summed E-state index contributed by atoms with van der Waals surface area (Å²) in [7, 11) is 0. The largest absolute Gasteiger partial charge is 0.478 e. The molecule has 1 fully saturated rings. The van der Waals surface area contributed by atoms with Crippen LogP contribution in [-0.2, 0) is 28.7 Å². The number of hydrogen-bond acceptors (Lipinski definition) is 6. The fraction of sp³-hybridized carbons (Fsp3) is 0.296. The van der Waals surface area contributed by atoms with Crippen molar-refractivity contribution in [2.75, 3.05) is 0 Å². The average molecular weight is 482 g/mol. The Hall–Kier alpha value is -4.07. The van der Waals surface area contributed by atoms with Gasteiger partial charge in [-0.05, 0) is 38.2 Å². The van der Waals surface area contributed by atoms with Gasteiger partial charge in [-0.25, -0.2) is 14.4 Å². The fourth-order valence-corrected chi connectivity index (χ4v) is 3.16. The molecular formula is C27H31NO7. The lowest BCUT2D eigenvalue weighted by molar-refractivity contribution is -0.150. The van der Waals surface area contributed by atoms with Crippen molar-refractivity contribution < 1.29 is 33.8 Å². The monoisotopic (exact) mass is 481 g/mol. The van der Waals surface area contributed by atoms with Crippen molar-refractivity contribution in [2.45, 2.75) is 46.0 Å². The summed E-state index contributed by atoms with van der Waals surface area (Å²) in [5, 5.41) is 10.4. The molecule has 0 aromatic heterocycles. The second kappa shape index (κ2) is 15.7. The molecule has 2 aliphatic heterocycles. The lowest BCUT2D eigenvalue weighted by Gasteiger charge is -2.21. The first-order chi connectivity index (χ1) is 16.7. The number of carboxylic acid groups (broad SMARTS) is 1. The van der Waals surface area contributed by atoms with Gasteiger partial charge < -0.3 is 9.84 Å². The number of carboxylic acids is 1. The molecule has 8 nitrogen and oxygen atoms in total. The molecule has 0 atom stereocenters. The van der Waals surface area contributed by atoms with Crippen LogP contribution in [0.25, 0.3) is 6.08 Å². The van der Waals surface area contributed by atoms with Crippen molar-refractivity contribution in [1.82, 2.24) is 5.32 Å². The van der Waals surface area contributed by atoms with Crippen molar-refractivity contribution in [2.24, 2.45) is 5.92 Å². The molecule has 0 unspecified atom stereocenters. The molecule has 1 aromatic rings. The topological polar surface area (TPSA) is 127 Å². The van der Waals surface area contributed by atoms with E-state index in [1.54, 1.807) is 19.9 Å². The summed E-state index contributed by atoms with van der Waals surface area (Å²) in [5.74, 6) is -2.08. The molecular weight excluding hydrogens is 450 g/mol. The fourth-order valence-electron chi connectivity index (χ4n) is 3.16. The predicted molar refractivity (Wildman–Crippen MR) is 132 cm³/mol. The Morgan fingerprint density at radius 1 is 1.03 bits per heavy atom. The minimum atomic E-state index is -0.845. The number of amides is 2. The van der Waals surface area contributed by atoms with Crippen LogP contribution in [0, 0.1) is 5.92 Å². The molecule has 4 rings (SSSR count). The number of rotatable bonds is 3. The summed E-state index contributed by atoms with van der Waals surface area (Å²) in [5.41, 5.74) is 2.28. The van der Waals surface area contributed by atoms with Gasteiger partial charge >= 0.3 is 17.9 Å². The predicted octanol–water partition coefficient (Wildman–Crippen LogP) is 4.14. The Balaban J connectivity index is 0.000000244. The Morgan fingerprint density at radius 2 is 1.60 bits per heavy atom. The van der Waals surface area contributed by atoms with Crippen molar-refractivity contribution in [3.05, 3.63) is 77.9 Å². The number of allylic oxidation sites excluding steroid dienone is 1. The van der Waals surface area contributed by atoms with Crippen molar-refractivity contribution in [3.63, 3.8) is 0 Å². The van der Waals surface area contributed by atoms with Crippen LogP contribution in [0.1, 0.15) is 51.5 Å². The van der Waals surface area contributed by atoms with E-state index in [9.17, 15) is 24.0 Å². The van der Waals surface area contributed by atoms with E-state index in [-0.39, 0.29) is 11.8 Å². The molecule has 0 radical (unpaired) electrons. The third-order valence-electron chi connectivity index (χ3n) is 5.19. The third kappa shape index (κ3) is 11.6. The number of esters is 2. The van der Waals surface area contributed by atoms with Gasteiger partial charge in [-0.15, -0.1) is 0 Å². The minimum absolute atomic E-state index is 0.170. The van der Waals surface area contributed by atoms with Gasteiger partial charge in [-0.2, -0.15) is 0 Å². The summed E-state index contributed by atoms with van der Waals surface area (Å²) < 4.78 is 3.97. The second-order valence-corrected chi connectivity index (χ2v) is 7.72. The number of hydrogen-bond donors (Lipinski definition) is 2. The quantitative estimate of drug-likeness (QED) is 0.287. The lowest BCUT2D eigenvalue weighted by atomic mass is 9.84. The summed E-state index contributed by atoms with van der Waals surface area (Å²) in [6.45, 7) is 6.89. The highest BCUT2D eigenvalue weighted by atomic mass is 16.6. The van der Waals surface area contributed by atoms with Gasteiger partial charge in [0.2, 0.25) is 0 Å². The third-order valence-corrected chi connectivity index (χ3v) is 5.19. The number of imide groups is 1. The Morgan fingerprint density at radius 3 is 1.91 bits per heavy atom. The van der Waals surface area contributed by atoms with E-state index in [0.717, 1.165) is 25.0 Å². The number of carbonyl (C=O) groups is 5. The van der Waals surface area contributed by atoms with Crippen molar-refractivity contribution >= 4 is 35.8 Å². The van der Waals surface area contributed by atoms with Crippen LogP contribution in [0.4, 0.5) is 0 Å². The standard InChI is InChI=1S/C10H13NO2.C8H8.C5H8O2.C4H2O3/c12-9-6-8(10(13)11-9)7-4-2-1-3-5-7;1-2-8-6-4-3-5-7-8;1-3-4(2)5(6)7;5-3-1-2-4(6)7-3/h6-7H,1-5H2,(H,11,12,13);2-7H,1H2;3H,1-2H3,(H,6,7);1-2H.